The van der Waals surface area contributed by atoms with Crippen LogP contribution in [0.25, 0.3) is 0 Å². The predicted molar refractivity (Wildman–Crippen MR) is 82.7 cm³/mol. The van der Waals surface area contributed by atoms with Crippen molar-refractivity contribution in [3.8, 4) is 0 Å². The monoisotopic (exact) mass is 337 g/mol. The van der Waals surface area contributed by atoms with Crippen molar-refractivity contribution in [1.82, 2.24) is 10.3 Å². The van der Waals surface area contributed by atoms with Gasteiger partial charge in [0.25, 0.3) is 0 Å². The smallest absolute Gasteiger partial charge is 0.242 e. The summed E-state index contributed by atoms with van der Waals surface area (Å²) in [5, 5.41) is 6.30. The van der Waals surface area contributed by atoms with E-state index in [4.69, 9.17) is 0 Å². The fraction of sp³-hybridized carbons (Fsp3) is 0.600. The summed E-state index contributed by atoms with van der Waals surface area (Å²) in [5.74, 6) is 1.32. The number of rotatable bonds is 3. The van der Waals surface area contributed by atoms with Gasteiger partial charge in [0.15, 0.2) is 0 Å². The maximum Gasteiger partial charge on any atom is 0.242 e. The maximum absolute atomic E-state index is 12.4. The second-order valence-electron chi connectivity index (χ2n) is 6.64. The van der Waals surface area contributed by atoms with Gasteiger partial charge >= 0.3 is 0 Å². The molecule has 2 aliphatic rings. The number of amides is 1. The molecule has 20 heavy (non-hydrogen) atoms. The van der Waals surface area contributed by atoms with Crippen molar-refractivity contribution >= 4 is 27.7 Å². The minimum absolute atomic E-state index is 0.0306. The van der Waals surface area contributed by atoms with Gasteiger partial charge in [-0.05, 0) is 58.2 Å². The number of hydrogen-bond acceptors (Lipinski definition) is 3. The zero-order chi connectivity index (χ0) is 14.3. The highest BCUT2D eigenvalue weighted by Crippen LogP contribution is 2.43. The normalized spacial score (nSPS) is 24.6. The molecule has 0 spiro atoms. The standard InChI is InChI=1S/C15H20BrN3O/c1-15(2)7-11(17-8-15)14(20)19-13-10(9-3-4-9)5-6-12(16)18-13/h5-6,9,11,17H,3-4,7-8H2,1-2H3,(H,18,19,20). The van der Waals surface area contributed by atoms with Gasteiger partial charge in [-0.2, -0.15) is 0 Å². The number of anilines is 1. The molecule has 2 N–H and O–H groups in total. The first-order valence-electron chi connectivity index (χ1n) is 7.15. The van der Waals surface area contributed by atoms with Crippen LogP contribution in [0.15, 0.2) is 16.7 Å². The lowest BCUT2D eigenvalue weighted by Crippen LogP contribution is -2.36. The zero-order valence-electron chi connectivity index (χ0n) is 11.9. The molecule has 1 aliphatic heterocycles. The van der Waals surface area contributed by atoms with E-state index >= 15 is 0 Å². The summed E-state index contributed by atoms with van der Waals surface area (Å²) in [6, 6.07) is 3.90. The lowest BCUT2D eigenvalue weighted by atomic mass is 9.90. The second-order valence-corrected chi connectivity index (χ2v) is 7.45. The molecule has 1 atom stereocenters. The van der Waals surface area contributed by atoms with E-state index < -0.39 is 0 Å². The summed E-state index contributed by atoms with van der Waals surface area (Å²) in [5.41, 5.74) is 1.35. The quantitative estimate of drug-likeness (QED) is 0.833. The van der Waals surface area contributed by atoms with E-state index in [-0.39, 0.29) is 17.4 Å². The topological polar surface area (TPSA) is 54.0 Å². The molecule has 4 nitrogen and oxygen atoms in total. The van der Waals surface area contributed by atoms with E-state index in [2.05, 4.69) is 51.5 Å². The van der Waals surface area contributed by atoms with E-state index in [1.165, 1.54) is 18.4 Å². The number of hydrogen-bond donors (Lipinski definition) is 2. The number of aromatic nitrogens is 1. The van der Waals surface area contributed by atoms with Gasteiger partial charge in [-0.3, -0.25) is 4.79 Å². The van der Waals surface area contributed by atoms with Crippen LogP contribution in [0.2, 0.25) is 0 Å². The number of carbonyl (C=O) groups is 1. The average molecular weight is 338 g/mol. The lowest BCUT2D eigenvalue weighted by molar-refractivity contribution is -0.117. The van der Waals surface area contributed by atoms with Crippen molar-refractivity contribution < 1.29 is 4.79 Å². The minimum atomic E-state index is -0.113. The Hall–Kier alpha value is -0.940. The number of nitrogens with one attached hydrogen (secondary N) is 2. The van der Waals surface area contributed by atoms with Gasteiger partial charge in [0, 0.05) is 6.54 Å². The fourth-order valence-corrected chi connectivity index (χ4v) is 3.07. The number of halogens is 1. The molecule has 1 saturated carbocycles. The Morgan fingerprint density at radius 1 is 1.45 bits per heavy atom. The van der Waals surface area contributed by atoms with Gasteiger partial charge in [0.1, 0.15) is 10.4 Å². The predicted octanol–water partition coefficient (Wildman–Crippen LogP) is 3.05. The maximum atomic E-state index is 12.4. The van der Waals surface area contributed by atoms with Crippen molar-refractivity contribution in [3.63, 3.8) is 0 Å². The first-order valence-corrected chi connectivity index (χ1v) is 7.95. The van der Waals surface area contributed by atoms with Crippen LogP contribution in [-0.4, -0.2) is 23.5 Å². The minimum Gasteiger partial charge on any atom is -0.309 e. The van der Waals surface area contributed by atoms with Gasteiger partial charge in [0.05, 0.1) is 6.04 Å². The van der Waals surface area contributed by atoms with Crippen LogP contribution in [0.3, 0.4) is 0 Å². The second kappa shape index (κ2) is 5.11. The molecular weight excluding hydrogens is 318 g/mol. The molecule has 1 aromatic rings. The molecule has 3 rings (SSSR count). The molecule has 108 valence electrons. The summed E-state index contributed by atoms with van der Waals surface area (Å²) in [4.78, 5) is 16.8. The van der Waals surface area contributed by atoms with Crippen molar-refractivity contribution in [2.75, 3.05) is 11.9 Å². The van der Waals surface area contributed by atoms with E-state index in [9.17, 15) is 4.79 Å². The van der Waals surface area contributed by atoms with Crippen LogP contribution in [0.5, 0.6) is 0 Å². The Morgan fingerprint density at radius 2 is 2.20 bits per heavy atom. The molecule has 1 aromatic heterocycles. The van der Waals surface area contributed by atoms with Crippen LogP contribution >= 0.6 is 15.9 Å². The zero-order valence-corrected chi connectivity index (χ0v) is 13.5. The number of nitrogens with zero attached hydrogens (tertiary/aromatic N) is 1. The van der Waals surface area contributed by atoms with Gasteiger partial charge in [0.2, 0.25) is 5.91 Å². The van der Waals surface area contributed by atoms with Gasteiger partial charge in [-0.1, -0.05) is 19.9 Å². The molecule has 1 aliphatic carbocycles. The fourth-order valence-electron chi connectivity index (χ4n) is 2.76. The molecule has 1 amide bonds. The largest absolute Gasteiger partial charge is 0.309 e. The van der Waals surface area contributed by atoms with E-state index in [1.54, 1.807) is 0 Å². The summed E-state index contributed by atoms with van der Waals surface area (Å²) < 4.78 is 0.761. The molecule has 5 heteroatoms. The highest BCUT2D eigenvalue weighted by molar-refractivity contribution is 9.10. The van der Waals surface area contributed by atoms with Crippen molar-refractivity contribution in [1.29, 1.82) is 0 Å². The Bertz CT molecular complexity index is 540. The van der Waals surface area contributed by atoms with Crippen LogP contribution in [0, 0.1) is 5.41 Å². The van der Waals surface area contributed by atoms with Crippen molar-refractivity contribution in [2.24, 2.45) is 5.41 Å². The average Bonchev–Trinajstić information content (AvgIpc) is 3.13. The third-order valence-electron chi connectivity index (χ3n) is 4.05. The third kappa shape index (κ3) is 3.04. The van der Waals surface area contributed by atoms with Crippen molar-refractivity contribution in [2.45, 2.75) is 45.1 Å². The van der Waals surface area contributed by atoms with Gasteiger partial charge in [-0.15, -0.1) is 0 Å². The summed E-state index contributed by atoms with van der Waals surface area (Å²) in [6.45, 7) is 5.24. The first-order chi connectivity index (χ1) is 9.44. The third-order valence-corrected chi connectivity index (χ3v) is 4.49. The molecule has 1 saturated heterocycles. The highest BCUT2D eigenvalue weighted by Gasteiger charge is 2.35. The molecule has 0 bridgehead atoms. The Labute approximate surface area is 127 Å². The Kier molecular flexibility index (Phi) is 3.58. The SMILES string of the molecule is CC1(C)CNC(C(=O)Nc2nc(Br)ccc2C2CC2)C1. The van der Waals surface area contributed by atoms with Crippen LogP contribution in [0.1, 0.15) is 44.6 Å². The molecule has 0 aromatic carbocycles. The Morgan fingerprint density at radius 3 is 2.80 bits per heavy atom. The van der Waals surface area contributed by atoms with E-state index in [0.29, 0.717) is 5.92 Å². The van der Waals surface area contributed by atoms with Crippen LogP contribution < -0.4 is 10.6 Å². The molecule has 2 heterocycles. The highest BCUT2D eigenvalue weighted by atomic mass is 79.9. The van der Waals surface area contributed by atoms with Gasteiger partial charge in [-0.25, -0.2) is 4.98 Å². The van der Waals surface area contributed by atoms with Gasteiger partial charge < -0.3 is 10.6 Å². The molecular formula is C15H20BrN3O. The summed E-state index contributed by atoms with van der Waals surface area (Å²) >= 11 is 3.38. The Balaban J connectivity index is 1.74. The number of pyridine rings is 1. The van der Waals surface area contributed by atoms with E-state index in [0.717, 1.165) is 23.4 Å². The van der Waals surface area contributed by atoms with Crippen LogP contribution in [-0.2, 0) is 4.79 Å². The van der Waals surface area contributed by atoms with Crippen molar-refractivity contribution in [3.05, 3.63) is 22.3 Å². The lowest BCUT2D eigenvalue weighted by Gasteiger charge is -2.16. The molecule has 2 fully saturated rings. The first kappa shape index (κ1) is 14.0. The molecule has 1 unspecified atom stereocenters. The summed E-state index contributed by atoms with van der Waals surface area (Å²) in [7, 11) is 0. The van der Waals surface area contributed by atoms with E-state index in [1.807, 2.05) is 6.07 Å². The molecule has 0 radical (unpaired) electrons. The number of carbonyl (C=O) groups excluding carboxylic acids is 1. The summed E-state index contributed by atoms with van der Waals surface area (Å²) in [6.07, 6.45) is 3.26. The van der Waals surface area contributed by atoms with Crippen LogP contribution in [0.4, 0.5) is 5.82 Å².